The zero-order valence-corrected chi connectivity index (χ0v) is 11.0. The average molecular weight is 284 g/mol. The molecule has 0 fully saturated rings. The van der Waals surface area contributed by atoms with Crippen molar-refractivity contribution < 1.29 is 13.5 Å². The van der Waals surface area contributed by atoms with Gasteiger partial charge in [0.2, 0.25) is 0 Å². The molecular weight excluding hydrogens is 272 g/mol. The molecule has 0 aliphatic heterocycles. The van der Waals surface area contributed by atoms with Gasteiger partial charge in [0.15, 0.2) is 5.82 Å². The predicted molar refractivity (Wildman–Crippen MR) is 71.7 cm³/mol. The SMILES string of the molecule is COc1cccc(CNc2c(F)cc(F)cc2Cl)c1. The molecule has 0 aliphatic rings. The number of hydrogen-bond donors (Lipinski definition) is 1. The molecule has 2 aromatic carbocycles. The maximum absolute atomic E-state index is 13.5. The van der Waals surface area contributed by atoms with Gasteiger partial charge in [-0.1, -0.05) is 23.7 Å². The highest BCUT2D eigenvalue weighted by Gasteiger charge is 2.09. The second-order valence-corrected chi connectivity index (χ2v) is 4.36. The highest BCUT2D eigenvalue weighted by molar-refractivity contribution is 6.33. The van der Waals surface area contributed by atoms with Crippen LogP contribution in [0.4, 0.5) is 14.5 Å². The van der Waals surface area contributed by atoms with Crippen molar-refractivity contribution in [1.29, 1.82) is 0 Å². The molecule has 2 nitrogen and oxygen atoms in total. The summed E-state index contributed by atoms with van der Waals surface area (Å²) >= 11 is 5.79. The first kappa shape index (κ1) is 13.6. The number of benzene rings is 2. The van der Waals surface area contributed by atoms with E-state index in [1.54, 1.807) is 7.11 Å². The van der Waals surface area contributed by atoms with Crippen LogP contribution in [0.5, 0.6) is 5.75 Å². The van der Waals surface area contributed by atoms with Crippen LogP contribution in [0.15, 0.2) is 36.4 Å². The van der Waals surface area contributed by atoms with Gasteiger partial charge in [-0.3, -0.25) is 0 Å². The van der Waals surface area contributed by atoms with E-state index in [0.29, 0.717) is 12.3 Å². The minimum atomic E-state index is -0.715. The fourth-order valence-corrected chi connectivity index (χ4v) is 1.95. The van der Waals surface area contributed by atoms with Crippen LogP contribution in [-0.4, -0.2) is 7.11 Å². The lowest BCUT2D eigenvalue weighted by Crippen LogP contribution is -2.03. The van der Waals surface area contributed by atoms with Crippen LogP contribution in [0.1, 0.15) is 5.56 Å². The normalized spacial score (nSPS) is 10.3. The van der Waals surface area contributed by atoms with E-state index in [4.69, 9.17) is 16.3 Å². The summed E-state index contributed by atoms with van der Waals surface area (Å²) in [6, 6.07) is 9.19. The Hall–Kier alpha value is -1.81. The van der Waals surface area contributed by atoms with E-state index in [2.05, 4.69) is 5.32 Å². The molecule has 0 saturated carbocycles. The molecule has 100 valence electrons. The van der Waals surface area contributed by atoms with Crippen LogP contribution >= 0.6 is 11.6 Å². The molecule has 5 heteroatoms. The molecule has 2 rings (SSSR count). The molecule has 2 aromatic rings. The van der Waals surface area contributed by atoms with Gasteiger partial charge >= 0.3 is 0 Å². The minimum Gasteiger partial charge on any atom is -0.497 e. The quantitative estimate of drug-likeness (QED) is 0.906. The predicted octanol–water partition coefficient (Wildman–Crippen LogP) is 4.24. The number of nitrogens with one attached hydrogen (secondary N) is 1. The van der Waals surface area contributed by atoms with Crippen molar-refractivity contribution in [1.82, 2.24) is 0 Å². The van der Waals surface area contributed by atoms with Gasteiger partial charge in [0, 0.05) is 12.6 Å². The fraction of sp³-hybridized carbons (Fsp3) is 0.143. The van der Waals surface area contributed by atoms with E-state index in [1.165, 1.54) is 0 Å². The van der Waals surface area contributed by atoms with Crippen molar-refractivity contribution in [2.24, 2.45) is 0 Å². The van der Waals surface area contributed by atoms with E-state index >= 15 is 0 Å². The Kier molecular flexibility index (Phi) is 4.22. The van der Waals surface area contributed by atoms with Crippen LogP contribution in [0.25, 0.3) is 0 Å². The molecule has 0 unspecified atom stereocenters. The van der Waals surface area contributed by atoms with Crippen LogP contribution < -0.4 is 10.1 Å². The van der Waals surface area contributed by atoms with Gasteiger partial charge in [-0.05, 0) is 23.8 Å². The van der Waals surface area contributed by atoms with Gasteiger partial charge in [-0.2, -0.15) is 0 Å². The maximum Gasteiger partial charge on any atom is 0.150 e. The first-order valence-electron chi connectivity index (χ1n) is 5.61. The number of hydrogen-bond acceptors (Lipinski definition) is 2. The van der Waals surface area contributed by atoms with Gasteiger partial charge < -0.3 is 10.1 Å². The minimum absolute atomic E-state index is 0.0143. The molecule has 0 bridgehead atoms. The van der Waals surface area contributed by atoms with Crippen LogP contribution in [0.2, 0.25) is 5.02 Å². The Labute approximate surface area is 115 Å². The summed E-state index contributed by atoms with van der Waals surface area (Å²) in [5, 5.41) is 2.86. The average Bonchev–Trinajstić information content (AvgIpc) is 2.37. The van der Waals surface area contributed by atoms with Crippen LogP contribution in [-0.2, 0) is 6.54 Å². The fourth-order valence-electron chi connectivity index (χ4n) is 1.68. The Balaban J connectivity index is 2.14. The molecule has 0 radical (unpaired) electrons. The molecule has 19 heavy (non-hydrogen) atoms. The van der Waals surface area contributed by atoms with E-state index in [-0.39, 0.29) is 10.7 Å². The number of methoxy groups -OCH3 is 1. The molecular formula is C14H12ClF2NO. The topological polar surface area (TPSA) is 21.3 Å². The number of halogens is 3. The Morgan fingerprint density at radius 2 is 2.00 bits per heavy atom. The molecule has 0 atom stereocenters. The lowest BCUT2D eigenvalue weighted by molar-refractivity contribution is 0.414. The van der Waals surface area contributed by atoms with Gasteiger partial charge in [0.1, 0.15) is 11.6 Å². The van der Waals surface area contributed by atoms with E-state index in [9.17, 15) is 8.78 Å². The summed E-state index contributed by atoms with van der Waals surface area (Å²) in [6.45, 7) is 0.361. The number of anilines is 1. The molecule has 0 aromatic heterocycles. The Bertz CT molecular complexity index is 566. The van der Waals surface area contributed by atoms with Crippen molar-refractivity contribution in [2.45, 2.75) is 6.54 Å². The summed E-state index contributed by atoms with van der Waals surface area (Å²) in [6.07, 6.45) is 0. The van der Waals surface area contributed by atoms with E-state index in [1.807, 2.05) is 24.3 Å². The Morgan fingerprint density at radius 3 is 2.68 bits per heavy atom. The lowest BCUT2D eigenvalue weighted by Gasteiger charge is -2.10. The summed E-state index contributed by atoms with van der Waals surface area (Å²) in [5.74, 6) is -0.702. The standard InChI is InChI=1S/C14H12ClF2NO/c1-19-11-4-2-3-9(5-11)8-18-14-12(15)6-10(16)7-13(14)17/h2-7,18H,8H2,1H3. The third kappa shape index (κ3) is 3.35. The van der Waals surface area contributed by atoms with Crippen molar-refractivity contribution in [2.75, 3.05) is 12.4 Å². The smallest absolute Gasteiger partial charge is 0.150 e. The van der Waals surface area contributed by atoms with Crippen molar-refractivity contribution in [3.05, 3.63) is 58.6 Å². The third-order valence-electron chi connectivity index (χ3n) is 2.61. The first-order chi connectivity index (χ1) is 9.10. The van der Waals surface area contributed by atoms with Gasteiger partial charge in [-0.15, -0.1) is 0 Å². The molecule has 0 saturated heterocycles. The highest BCUT2D eigenvalue weighted by Crippen LogP contribution is 2.27. The van der Waals surface area contributed by atoms with Crippen molar-refractivity contribution in [3.63, 3.8) is 0 Å². The first-order valence-corrected chi connectivity index (χ1v) is 5.99. The zero-order valence-electron chi connectivity index (χ0n) is 10.2. The largest absolute Gasteiger partial charge is 0.497 e. The van der Waals surface area contributed by atoms with E-state index in [0.717, 1.165) is 17.7 Å². The molecule has 1 N–H and O–H groups in total. The second-order valence-electron chi connectivity index (χ2n) is 3.95. The van der Waals surface area contributed by atoms with E-state index < -0.39 is 11.6 Å². The zero-order chi connectivity index (χ0) is 13.8. The van der Waals surface area contributed by atoms with Gasteiger partial charge in [-0.25, -0.2) is 8.78 Å². The summed E-state index contributed by atoms with van der Waals surface area (Å²) in [5.41, 5.74) is 0.991. The maximum atomic E-state index is 13.5. The second kappa shape index (κ2) is 5.89. The van der Waals surface area contributed by atoms with Gasteiger partial charge in [0.05, 0.1) is 17.8 Å². The molecule has 0 aliphatic carbocycles. The summed E-state index contributed by atoms with van der Waals surface area (Å²) < 4.78 is 31.5. The number of rotatable bonds is 4. The summed E-state index contributed by atoms with van der Waals surface area (Å²) in [4.78, 5) is 0. The molecule has 0 heterocycles. The van der Waals surface area contributed by atoms with Crippen molar-refractivity contribution >= 4 is 17.3 Å². The molecule has 0 spiro atoms. The highest BCUT2D eigenvalue weighted by atomic mass is 35.5. The lowest BCUT2D eigenvalue weighted by atomic mass is 10.2. The van der Waals surface area contributed by atoms with Crippen LogP contribution in [0.3, 0.4) is 0 Å². The monoisotopic (exact) mass is 283 g/mol. The van der Waals surface area contributed by atoms with Crippen molar-refractivity contribution in [3.8, 4) is 5.75 Å². The van der Waals surface area contributed by atoms with Gasteiger partial charge in [0.25, 0.3) is 0 Å². The summed E-state index contributed by atoms with van der Waals surface area (Å²) in [7, 11) is 1.57. The molecule has 0 amide bonds. The third-order valence-corrected chi connectivity index (χ3v) is 2.91. The Morgan fingerprint density at radius 1 is 1.21 bits per heavy atom. The number of ether oxygens (including phenoxy) is 1. The van der Waals surface area contributed by atoms with Crippen LogP contribution in [0, 0.1) is 11.6 Å².